The lowest BCUT2D eigenvalue weighted by atomic mass is 10.2. The molecule has 4 nitrogen and oxygen atoms in total. The molecule has 0 saturated carbocycles. The van der Waals surface area contributed by atoms with Crippen molar-refractivity contribution >= 4 is 44.1 Å². The number of nitrogens with zero attached hydrogens (tertiary/aromatic N) is 2. The molecule has 106 valence electrons. The third-order valence-electron chi connectivity index (χ3n) is 3.25. The van der Waals surface area contributed by atoms with Gasteiger partial charge in [0.2, 0.25) is 5.28 Å². The molecule has 0 aliphatic rings. The van der Waals surface area contributed by atoms with Crippen LogP contribution in [0.15, 0.2) is 51.7 Å². The van der Waals surface area contributed by atoms with Crippen molar-refractivity contribution in [2.24, 2.45) is 0 Å². The Labute approximate surface area is 134 Å². The summed E-state index contributed by atoms with van der Waals surface area (Å²) >= 11 is 9.51. The molecule has 1 aromatic heterocycles. The number of halogens is 2. The zero-order chi connectivity index (χ0) is 15.0. The van der Waals surface area contributed by atoms with Crippen LogP contribution in [0.25, 0.3) is 10.9 Å². The quantitative estimate of drug-likeness (QED) is 0.560. The van der Waals surface area contributed by atoms with Gasteiger partial charge in [0.05, 0.1) is 17.4 Å². The van der Waals surface area contributed by atoms with Crippen LogP contribution in [0.5, 0.6) is 0 Å². The van der Waals surface area contributed by atoms with Crippen LogP contribution in [0.1, 0.15) is 5.56 Å². The molecule has 3 rings (SSSR count). The Morgan fingerprint density at radius 1 is 1.24 bits per heavy atom. The molecule has 2 aromatic carbocycles. The predicted octanol–water partition coefficient (Wildman–Crippen LogP) is 3.44. The van der Waals surface area contributed by atoms with Crippen molar-refractivity contribution in [1.29, 1.82) is 0 Å². The van der Waals surface area contributed by atoms with E-state index in [1.54, 1.807) is 18.2 Å². The average Bonchev–Trinajstić information content (AvgIpc) is 2.46. The summed E-state index contributed by atoms with van der Waals surface area (Å²) in [6, 6.07) is 12.7. The van der Waals surface area contributed by atoms with Gasteiger partial charge in [-0.15, -0.1) is 0 Å². The van der Waals surface area contributed by atoms with Gasteiger partial charge in [-0.1, -0.05) is 34.1 Å². The SMILES string of the molecule is Nc1ccccc1Cn1c(Cl)nc2ccc(Br)cc2c1=O. The topological polar surface area (TPSA) is 60.9 Å². The van der Waals surface area contributed by atoms with Crippen LogP contribution >= 0.6 is 27.5 Å². The highest BCUT2D eigenvalue weighted by Gasteiger charge is 2.11. The van der Waals surface area contributed by atoms with Crippen molar-refractivity contribution in [1.82, 2.24) is 9.55 Å². The van der Waals surface area contributed by atoms with Gasteiger partial charge in [-0.25, -0.2) is 4.98 Å². The van der Waals surface area contributed by atoms with Crippen LogP contribution in [0, 0.1) is 0 Å². The van der Waals surface area contributed by atoms with Crippen LogP contribution in [0.4, 0.5) is 5.69 Å². The summed E-state index contributed by atoms with van der Waals surface area (Å²) in [6.45, 7) is 0.291. The van der Waals surface area contributed by atoms with E-state index in [2.05, 4.69) is 20.9 Å². The normalized spacial score (nSPS) is 11.0. The molecule has 6 heteroatoms. The Kier molecular flexibility index (Phi) is 3.69. The first-order valence-electron chi connectivity index (χ1n) is 6.25. The second-order valence-electron chi connectivity index (χ2n) is 4.63. The van der Waals surface area contributed by atoms with Gasteiger partial charge in [-0.2, -0.15) is 0 Å². The van der Waals surface area contributed by atoms with Crippen molar-refractivity contribution in [2.45, 2.75) is 6.54 Å². The third kappa shape index (κ3) is 2.66. The Balaban J connectivity index is 2.19. The summed E-state index contributed by atoms with van der Waals surface area (Å²) in [7, 11) is 0. The molecule has 1 heterocycles. The highest BCUT2D eigenvalue weighted by Crippen LogP contribution is 2.19. The number of rotatable bonds is 2. The molecule has 0 radical (unpaired) electrons. The van der Waals surface area contributed by atoms with Crippen molar-refractivity contribution in [3.63, 3.8) is 0 Å². The minimum Gasteiger partial charge on any atom is -0.398 e. The van der Waals surface area contributed by atoms with E-state index in [1.165, 1.54) is 4.57 Å². The lowest BCUT2D eigenvalue weighted by molar-refractivity contribution is 0.751. The maximum atomic E-state index is 12.6. The Morgan fingerprint density at radius 3 is 2.76 bits per heavy atom. The monoisotopic (exact) mass is 363 g/mol. The van der Waals surface area contributed by atoms with E-state index in [4.69, 9.17) is 17.3 Å². The summed E-state index contributed by atoms with van der Waals surface area (Å²) in [5, 5.41) is 0.668. The molecule has 2 N–H and O–H groups in total. The molecule has 0 spiro atoms. The average molecular weight is 365 g/mol. The summed E-state index contributed by atoms with van der Waals surface area (Å²) in [5.41, 5.74) is 7.76. The van der Waals surface area contributed by atoms with Crippen LogP contribution < -0.4 is 11.3 Å². The standard InChI is InChI=1S/C15H11BrClN3O/c16-10-5-6-13-11(7-10)14(21)20(15(17)19-13)8-9-3-1-2-4-12(9)18/h1-7H,8,18H2. The number of nitrogen functional groups attached to an aromatic ring is 1. The van der Waals surface area contributed by atoms with E-state index in [1.807, 2.05) is 24.3 Å². The summed E-state index contributed by atoms with van der Waals surface area (Å²) in [4.78, 5) is 16.9. The van der Waals surface area contributed by atoms with Gasteiger partial charge in [0.15, 0.2) is 0 Å². The zero-order valence-corrected chi connectivity index (χ0v) is 13.2. The van der Waals surface area contributed by atoms with E-state index >= 15 is 0 Å². The van der Waals surface area contributed by atoms with Gasteiger partial charge in [-0.3, -0.25) is 9.36 Å². The van der Waals surface area contributed by atoms with E-state index < -0.39 is 0 Å². The number of fused-ring (bicyclic) bond motifs is 1. The summed E-state index contributed by atoms with van der Waals surface area (Å²) in [5.74, 6) is 0. The van der Waals surface area contributed by atoms with Gasteiger partial charge in [0.25, 0.3) is 5.56 Å². The first kappa shape index (κ1) is 14.1. The van der Waals surface area contributed by atoms with Crippen molar-refractivity contribution < 1.29 is 0 Å². The number of anilines is 1. The fourth-order valence-corrected chi connectivity index (χ4v) is 2.74. The van der Waals surface area contributed by atoms with Gasteiger partial charge < -0.3 is 5.73 Å². The minimum absolute atomic E-state index is 0.151. The third-order valence-corrected chi connectivity index (χ3v) is 4.03. The van der Waals surface area contributed by atoms with Crippen LogP contribution in [0.2, 0.25) is 5.28 Å². The molecular weight excluding hydrogens is 354 g/mol. The first-order chi connectivity index (χ1) is 10.1. The number of para-hydroxylation sites is 1. The summed E-state index contributed by atoms with van der Waals surface area (Å²) in [6.07, 6.45) is 0. The second kappa shape index (κ2) is 5.50. The maximum absolute atomic E-state index is 12.6. The maximum Gasteiger partial charge on any atom is 0.262 e. The van der Waals surface area contributed by atoms with E-state index in [0.29, 0.717) is 23.1 Å². The molecule has 0 bridgehead atoms. The van der Waals surface area contributed by atoms with Crippen LogP contribution in [-0.4, -0.2) is 9.55 Å². The van der Waals surface area contributed by atoms with Crippen molar-refractivity contribution in [2.75, 3.05) is 5.73 Å². The van der Waals surface area contributed by atoms with Gasteiger partial charge in [0, 0.05) is 10.2 Å². The molecule has 3 aromatic rings. The molecule has 0 aliphatic carbocycles. The van der Waals surface area contributed by atoms with Crippen molar-refractivity contribution in [3.8, 4) is 0 Å². The molecule has 0 amide bonds. The van der Waals surface area contributed by atoms with Gasteiger partial charge in [-0.05, 0) is 41.4 Å². The van der Waals surface area contributed by atoms with Crippen molar-refractivity contribution in [3.05, 3.63) is 68.1 Å². The molecular formula is C15H11BrClN3O. The molecule has 0 unspecified atom stereocenters. The van der Waals surface area contributed by atoms with Gasteiger partial charge in [0.1, 0.15) is 0 Å². The lowest BCUT2D eigenvalue weighted by Gasteiger charge is -2.11. The Morgan fingerprint density at radius 2 is 2.00 bits per heavy atom. The fourth-order valence-electron chi connectivity index (χ4n) is 2.15. The largest absolute Gasteiger partial charge is 0.398 e. The highest BCUT2D eigenvalue weighted by molar-refractivity contribution is 9.10. The van der Waals surface area contributed by atoms with E-state index in [9.17, 15) is 4.79 Å². The van der Waals surface area contributed by atoms with E-state index in [-0.39, 0.29) is 10.8 Å². The Hall–Kier alpha value is -1.85. The Bertz CT molecular complexity index is 892. The van der Waals surface area contributed by atoms with Gasteiger partial charge >= 0.3 is 0 Å². The zero-order valence-electron chi connectivity index (χ0n) is 10.9. The lowest BCUT2D eigenvalue weighted by Crippen LogP contribution is -2.23. The summed E-state index contributed by atoms with van der Waals surface area (Å²) < 4.78 is 2.24. The molecule has 0 saturated heterocycles. The predicted molar refractivity (Wildman–Crippen MR) is 88.7 cm³/mol. The van der Waals surface area contributed by atoms with E-state index in [0.717, 1.165) is 10.0 Å². The number of hydrogen-bond acceptors (Lipinski definition) is 3. The number of benzene rings is 2. The van der Waals surface area contributed by atoms with Crippen LogP contribution in [0.3, 0.4) is 0 Å². The fraction of sp³-hybridized carbons (Fsp3) is 0.0667. The number of nitrogens with two attached hydrogens (primary N) is 1. The molecule has 0 fully saturated rings. The molecule has 21 heavy (non-hydrogen) atoms. The van der Waals surface area contributed by atoms with Crippen LogP contribution in [-0.2, 0) is 6.54 Å². The first-order valence-corrected chi connectivity index (χ1v) is 7.42. The number of aromatic nitrogens is 2. The molecule has 0 aliphatic heterocycles. The molecule has 0 atom stereocenters. The number of hydrogen-bond donors (Lipinski definition) is 1. The second-order valence-corrected chi connectivity index (χ2v) is 5.89. The highest BCUT2D eigenvalue weighted by atomic mass is 79.9. The smallest absolute Gasteiger partial charge is 0.262 e. The minimum atomic E-state index is -0.186.